The highest BCUT2D eigenvalue weighted by Gasteiger charge is 2.52. The molecular weight excluding hydrogens is 305 g/mol. The summed E-state index contributed by atoms with van der Waals surface area (Å²) in [5.74, 6) is 0. The van der Waals surface area contributed by atoms with Crippen LogP contribution in [0, 0.1) is 0 Å². The molecule has 24 heavy (non-hydrogen) atoms. The number of hydrogen-bond acceptors (Lipinski definition) is 5. The van der Waals surface area contributed by atoms with Crippen LogP contribution in [-0.4, -0.2) is 58.9 Å². The summed E-state index contributed by atoms with van der Waals surface area (Å²) < 4.78 is 19.9. The topological polar surface area (TPSA) is 48.8 Å². The van der Waals surface area contributed by atoms with Crippen LogP contribution >= 0.6 is 0 Å². The number of rotatable bonds is 3. The molecule has 0 amide bonds. The molecule has 0 aliphatic carbocycles. The first-order chi connectivity index (χ1) is 11.4. The van der Waals surface area contributed by atoms with Gasteiger partial charge >= 0.3 is 7.12 Å². The molecule has 0 spiro atoms. The van der Waals surface area contributed by atoms with Crippen LogP contribution in [0.4, 0.5) is 0 Å². The molecule has 0 saturated carbocycles. The minimum Gasteiger partial charge on any atom is -0.399 e. The maximum atomic E-state index is 6.12. The molecular formula is C17H28BN3O3. The normalized spacial score (nSPS) is 30.5. The van der Waals surface area contributed by atoms with Crippen molar-refractivity contribution in [3.63, 3.8) is 0 Å². The lowest BCUT2D eigenvalue weighted by molar-refractivity contribution is -0.151. The van der Waals surface area contributed by atoms with Gasteiger partial charge in [0.05, 0.1) is 23.9 Å². The maximum Gasteiger partial charge on any atom is 0.498 e. The van der Waals surface area contributed by atoms with Crippen LogP contribution in [0.5, 0.6) is 0 Å². The zero-order valence-electron chi connectivity index (χ0n) is 15.2. The number of nitrogens with zero attached hydrogens (tertiary/aromatic N) is 3. The van der Waals surface area contributed by atoms with Gasteiger partial charge in [0.2, 0.25) is 0 Å². The van der Waals surface area contributed by atoms with E-state index in [1.165, 1.54) is 6.42 Å². The second-order valence-electron chi connectivity index (χ2n) is 8.22. The zero-order chi connectivity index (χ0) is 16.9. The average Bonchev–Trinajstić information content (AvgIpc) is 3.01. The highest BCUT2D eigenvalue weighted by molar-refractivity contribution is 6.61. The Morgan fingerprint density at radius 2 is 1.71 bits per heavy atom. The van der Waals surface area contributed by atoms with Crippen LogP contribution in [0.2, 0.25) is 0 Å². The van der Waals surface area contributed by atoms with Gasteiger partial charge in [-0.3, -0.25) is 9.58 Å². The molecule has 3 aliphatic heterocycles. The average molecular weight is 333 g/mol. The molecule has 0 radical (unpaired) electrons. The van der Waals surface area contributed by atoms with Crippen LogP contribution in [-0.2, 0) is 14.0 Å². The highest BCUT2D eigenvalue weighted by Crippen LogP contribution is 2.36. The second kappa shape index (κ2) is 5.83. The van der Waals surface area contributed by atoms with Crippen LogP contribution in [0.15, 0.2) is 12.4 Å². The van der Waals surface area contributed by atoms with E-state index in [0.717, 1.165) is 38.0 Å². The van der Waals surface area contributed by atoms with Crippen LogP contribution in [0.1, 0.15) is 53.0 Å². The summed E-state index contributed by atoms with van der Waals surface area (Å²) in [6, 6.07) is 0.456. The highest BCUT2D eigenvalue weighted by atomic mass is 16.7. The van der Waals surface area contributed by atoms with E-state index in [2.05, 4.69) is 48.6 Å². The van der Waals surface area contributed by atoms with E-state index in [4.69, 9.17) is 14.0 Å². The lowest BCUT2D eigenvalue weighted by atomic mass is 9.82. The summed E-state index contributed by atoms with van der Waals surface area (Å²) >= 11 is 0. The Bertz CT molecular complexity index is 576. The maximum absolute atomic E-state index is 6.12. The van der Waals surface area contributed by atoms with Gasteiger partial charge in [-0.25, -0.2) is 0 Å². The lowest BCUT2D eigenvalue weighted by Crippen LogP contribution is -2.48. The third-order valence-electron chi connectivity index (χ3n) is 6.10. The Hall–Kier alpha value is -0.885. The monoisotopic (exact) mass is 333 g/mol. The van der Waals surface area contributed by atoms with Crippen molar-refractivity contribution in [1.29, 1.82) is 0 Å². The summed E-state index contributed by atoms with van der Waals surface area (Å²) in [5.41, 5.74) is 0.389. The molecule has 132 valence electrons. The van der Waals surface area contributed by atoms with E-state index in [1.54, 1.807) is 0 Å². The van der Waals surface area contributed by atoms with Crippen molar-refractivity contribution in [3.05, 3.63) is 12.4 Å². The van der Waals surface area contributed by atoms with E-state index in [0.29, 0.717) is 12.3 Å². The van der Waals surface area contributed by atoms with Crippen molar-refractivity contribution >= 4 is 12.6 Å². The third kappa shape index (κ3) is 2.81. The van der Waals surface area contributed by atoms with Crippen molar-refractivity contribution in [2.24, 2.45) is 0 Å². The van der Waals surface area contributed by atoms with E-state index in [1.807, 2.05) is 6.20 Å². The predicted molar refractivity (Wildman–Crippen MR) is 92.1 cm³/mol. The molecule has 0 bridgehead atoms. The van der Waals surface area contributed by atoms with Crippen molar-refractivity contribution in [2.45, 2.75) is 70.4 Å². The minimum absolute atomic E-state index is 0.312. The zero-order valence-corrected chi connectivity index (χ0v) is 15.2. The number of hydrogen-bond donors (Lipinski definition) is 0. The molecule has 1 atom stereocenters. The number of aromatic nitrogens is 2. The van der Waals surface area contributed by atoms with E-state index in [-0.39, 0.29) is 18.3 Å². The molecule has 4 heterocycles. The molecule has 3 saturated heterocycles. The fourth-order valence-corrected chi connectivity index (χ4v) is 3.60. The standard InChI is InChI=1S/C17H28BN3O3/c1-16(2)17(3,4)24-18(23-16)13-11-19-21(12-13)14-5-8-20(9-6-14)15-7-10-22-15/h11-12,14-15H,5-10H2,1-4H3. The van der Waals surface area contributed by atoms with Crippen molar-refractivity contribution in [2.75, 3.05) is 19.7 Å². The Morgan fingerprint density at radius 3 is 2.25 bits per heavy atom. The number of likely N-dealkylation sites (tertiary alicyclic amines) is 1. The van der Waals surface area contributed by atoms with Crippen molar-refractivity contribution in [3.8, 4) is 0 Å². The second-order valence-corrected chi connectivity index (χ2v) is 8.22. The third-order valence-corrected chi connectivity index (χ3v) is 6.10. The van der Waals surface area contributed by atoms with E-state index in [9.17, 15) is 0 Å². The first-order valence-corrected chi connectivity index (χ1v) is 9.11. The summed E-state index contributed by atoms with van der Waals surface area (Å²) in [7, 11) is -0.327. The number of piperidine rings is 1. The predicted octanol–water partition coefficient (Wildman–Crippen LogP) is 1.57. The molecule has 3 aliphatic rings. The molecule has 0 N–H and O–H groups in total. The number of ether oxygens (including phenoxy) is 1. The largest absolute Gasteiger partial charge is 0.498 e. The van der Waals surface area contributed by atoms with Gasteiger partial charge in [-0.15, -0.1) is 0 Å². The molecule has 1 aromatic rings. The molecule has 7 heteroatoms. The van der Waals surface area contributed by atoms with Gasteiger partial charge in [0.1, 0.15) is 6.23 Å². The SMILES string of the molecule is CC1(C)OB(c2cnn(C3CCN(C4CCO4)CC3)c2)OC1(C)C. The Kier molecular flexibility index (Phi) is 4.03. The van der Waals surface area contributed by atoms with Crippen molar-refractivity contribution in [1.82, 2.24) is 14.7 Å². The van der Waals surface area contributed by atoms with Crippen LogP contribution in [0.25, 0.3) is 0 Å². The van der Waals surface area contributed by atoms with Gasteiger partial charge in [-0.2, -0.15) is 5.10 Å². The van der Waals surface area contributed by atoms with Gasteiger partial charge in [-0.1, -0.05) is 0 Å². The van der Waals surface area contributed by atoms with Crippen molar-refractivity contribution < 1.29 is 14.0 Å². The smallest absolute Gasteiger partial charge is 0.399 e. The minimum atomic E-state index is -0.327. The first-order valence-electron chi connectivity index (χ1n) is 9.11. The quantitative estimate of drug-likeness (QED) is 0.786. The first kappa shape index (κ1) is 16.6. The molecule has 0 aromatic carbocycles. The van der Waals surface area contributed by atoms with Gasteiger partial charge in [0, 0.05) is 37.4 Å². The van der Waals surface area contributed by atoms with Gasteiger partial charge in [0.25, 0.3) is 0 Å². The summed E-state index contributed by atoms with van der Waals surface area (Å²) in [4.78, 5) is 2.46. The van der Waals surface area contributed by atoms with E-state index < -0.39 is 0 Å². The molecule has 1 aromatic heterocycles. The summed E-state index contributed by atoms with van der Waals surface area (Å²) in [6.07, 6.45) is 7.77. The molecule has 6 nitrogen and oxygen atoms in total. The fraction of sp³-hybridized carbons (Fsp3) is 0.824. The van der Waals surface area contributed by atoms with E-state index >= 15 is 0 Å². The molecule has 4 rings (SSSR count). The van der Waals surface area contributed by atoms with Gasteiger partial charge < -0.3 is 14.0 Å². The van der Waals surface area contributed by atoms with Gasteiger partial charge in [0.15, 0.2) is 0 Å². The lowest BCUT2D eigenvalue weighted by Gasteiger charge is -2.41. The Morgan fingerprint density at radius 1 is 1.08 bits per heavy atom. The summed E-state index contributed by atoms with van der Waals surface area (Å²) in [5, 5.41) is 4.59. The van der Waals surface area contributed by atoms with Crippen LogP contribution in [0.3, 0.4) is 0 Å². The Labute approximate surface area is 144 Å². The molecule has 3 fully saturated rings. The van der Waals surface area contributed by atoms with Gasteiger partial charge in [-0.05, 0) is 40.5 Å². The summed E-state index contributed by atoms with van der Waals surface area (Å²) in [6.45, 7) is 11.4. The fourth-order valence-electron chi connectivity index (χ4n) is 3.60. The molecule has 1 unspecified atom stereocenters. The Balaban J connectivity index is 1.39. The van der Waals surface area contributed by atoms with Crippen LogP contribution < -0.4 is 5.46 Å².